The van der Waals surface area contributed by atoms with Crippen molar-refractivity contribution in [1.29, 1.82) is 0 Å². The van der Waals surface area contributed by atoms with E-state index in [-0.39, 0.29) is 18.0 Å². The molecule has 2 rings (SSSR count). The average molecular weight is 750 g/mol. The fourth-order valence-electron chi connectivity index (χ4n) is 1.97. The van der Waals surface area contributed by atoms with Crippen LogP contribution in [0.5, 0.6) is 0 Å². The van der Waals surface area contributed by atoms with E-state index in [1.54, 1.807) is 6.07 Å². The molecule has 0 radical (unpaired) electrons. The third kappa shape index (κ3) is 6.40. The highest BCUT2D eigenvalue weighted by atomic mass is 127. The number of esters is 1. The standard InChI is InChI=1S/C16H10F3I3NO4S/c17-16(18,19)9-1-3-11(4-2-9)28(25,26)23-5-6-27-15(24)12-7-10(20)8-13(21)14(12)22/h1-4,7-8H,5-6H2/q-1. The second-order valence-electron chi connectivity index (χ2n) is 5.23. The number of alkyl halides is 3. The Morgan fingerprint density at radius 3 is 2.25 bits per heavy atom. The highest BCUT2D eigenvalue weighted by molar-refractivity contribution is 14.1. The Balaban J connectivity index is 1.95. The van der Waals surface area contributed by atoms with Gasteiger partial charge in [-0.05, 0) is 104 Å². The van der Waals surface area contributed by atoms with Crippen molar-refractivity contribution in [1.82, 2.24) is 0 Å². The first-order valence-corrected chi connectivity index (χ1v) is 12.0. The summed E-state index contributed by atoms with van der Waals surface area (Å²) >= 11 is 6.17. The maximum atomic E-state index is 12.5. The number of benzene rings is 2. The number of halogens is 6. The first-order valence-electron chi connectivity index (χ1n) is 7.34. The number of rotatable bonds is 6. The zero-order chi connectivity index (χ0) is 21.1. The largest absolute Gasteiger partial charge is 0.542 e. The number of carbonyl (C=O) groups excluding carboxylic acids is 1. The Morgan fingerprint density at radius 2 is 1.68 bits per heavy atom. The fraction of sp³-hybridized carbons (Fsp3) is 0.188. The van der Waals surface area contributed by atoms with Crippen LogP contribution in [-0.4, -0.2) is 27.5 Å². The second-order valence-corrected chi connectivity index (χ2v) is 10.4. The molecule has 0 spiro atoms. The third-order valence-electron chi connectivity index (χ3n) is 3.28. The van der Waals surface area contributed by atoms with Gasteiger partial charge < -0.3 is 9.46 Å². The molecule has 0 atom stereocenters. The zero-order valence-electron chi connectivity index (χ0n) is 13.6. The van der Waals surface area contributed by atoms with Crippen molar-refractivity contribution in [2.75, 3.05) is 13.2 Å². The summed E-state index contributed by atoms with van der Waals surface area (Å²) in [6.07, 6.45) is -4.56. The van der Waals surface area contributed by atoms with Gasteiger partial charge in [-0.1, -0.05) is 0 Å². The van der Waals surface area contributed by atoms with Gasteiger partial charge in [0, 0.05) is 15.6 Å². The summed E-state index contributed by atoms with van der Waals surface area (Å²) < 4.78 is 72.7. The number of hydrogen-bond donors (Lipinski definition) is 0. The third-order valence-corrected chi connectivity index (χ3v) is 8.34. The molecule has 2 aromatic carbocycles. The molecule has 0 bridgehead atoms. The second kappa shape index (κ2) is 9.74. The van der Waals surface area contributed by atoms with Crippen LogP contribution in [-0.2, 0) is 20.9 Å². The zero-order valence-corrected chi connectivity index (χ0v) is 20.9. The Kier molecular flexibility index (Phi) is 8.37. The summed E-state index contributed by atoms with van der Waals surface area (Å²) in [7, 11) is -4.14. The summed E-state index contributed by atoms with van der Waals surface area (Å²) in [6, 6.07) is 6.56. The average Bonchev–Trinajstić information content (AvgIpc) is 2.61. The molecule has 28 heavy (non-hydrogen) atoms. The number of ether oxygens (including phenoxy) is 1. The number of nitrogens with zero attached hydrogens (tertiary/aromatic N) is 1. The molecule has 2 aromatic rings. The molecule has 0 aliphatic carbocycles. The number of carbonyl (C=O) groups is 1. The minimum Gasteiger partial charge on any atom is -0.542 e. The molecule has 0 N–H and O–H groups in total. The highest BCUT2D eigenvalue weighted by Crippen LogP contribution is 2.30. The van der Waals surface area contributed by atoms with Crippen molar-refractivity contribution in [3.8, 4) is 0 Å². The summed E-state index contributed by atoms with van der Waals surface area (Å²) in [5.41, 5.74) is -0.593. The van der Waals surface area contributed by atoms with Gasteiger partial charge in [-0.3, -0.25) is 0 Å². The highest BCUT2D eigenvalue weighted by Gasteiger charge is 2.30. The molecule has 0 amide bonds. The lowest BCUT2D eigenvalue weighted by atomic mass is 10.2. The summed E-state index contributed by atoms with van der Waals surface area (Å²) in [5.74, 6) is -0.608. The number of hydrogen-bond acceptors (Lipinski definition) is 4. The Bertz CT molecular complexity index is 980. The van der Waals surface area contributed by atoms with Crippen LogP contribution < -0.4 is 0 Å². The summed E-state index contributed by atoms with van der Waals surface area (Å²) in [6.45, 7) is -0.622. The van der Waals surface area contributed by atoms with Crippen molar-refractivity contribution in [2.45, 2.75) is 11.1 Å². The van der Waals surface area contributed by atoms with E-state index in [1.807, 2.05) is 28.7 Å². The first kappa shape index (κ1) is 24.1. The van der Waals surface area contributed by atoms with Crippen LogP contribution in [0.15, 0.2) is 41.3 Å². The van der Waals surface area contributed by atoms with Gasteiger partial charge in [0.15, 0.2) is 0 Å². The van der Waals surface area contributed by atoms with E-state index >= 15 is 0 Å². The molecule has 0 unspecified atom stereocenters. The van der Waals surface area contributed by atoms with E-state index in [2.05, 4.69) is 49.9 Å². The van der Waals surface area contributed by atoms with Crippen LogP contribution in [0.3, 0.4) is 0 Å². The van der Waals surface area contributed by atoms with Crippen molar-refractivity contribution in [2.24, 2.45) is 0 Å². The molecule has 0 aliphatic rings. The first-order chi connectivity index (χ1) is 12.9. The quantitative estimate of drug-likeness (QED) is 0.171. The smallest absolute Gasteiger partial charge is 0.416 e. The van der Waals surface area contributed by atoms with E-state index in [0.29, 0.717) is 17.7 Å². The SMILES string of the molecule is O=C(OCC[N-]S(=O)(=O)c1ccc(C(F)(F)F)cc1)c1cc(I)cc(I)c1I. The van der Waals surface area contributed by atoms with Gasteiger partial charge in [0.1, 0.15) is 10.0 Å². The van der Waals surface area contributed by atoms with Crippen LogP contribution in [0.1, 0.15) is 15.9 Å². The van der Waals surface area contributed by atoms with Gasteiger partial charge in [0.2, 0.25) is 0 Å². The molecule has 0 aliphatic heterocycles. The lowest BCUT2D eigenvalue weighted by Gasteiger charge is -2.20. The predicted octanol–water partition coefficient (Wildman–Crippen LogP) is 5.44. The maximum Gasteiger partial charge on any atom is 0.416 e. The molecule has 0 fully saturated rings. The van der Waals surface area contributed by atoms with Crippen LogP contribution in [0.4, 0.5) is 13.2 Å². The van der Waals surface area contributed by atoms with E-state index in [9.17, 15) is 26.4 Å². The van der Waals surface area contributed by atoms with Gasteiger partial charge in [0.05, 0.1) is 17.7 Å². The molecule has 0 aromatic heterocycles. The van der Waals surface area contributed by atoms with Crippen LogP contribution in [0.2, 0.25) is 0 Å². The molecule has 0 heterocycles. The Hall–Kier alpha value is -0.200. The van der Waals surface area contributed by atoms with Crippen LogP contribution in [0, 0.1) is 10.7 Å². The van der Waals surface area contributed by atoms with Gasteiger partial charge in [-0.2, -0.15) is 13.2 Å². The molecule has 5 nitrogen and oxygen atoms in total. The van der Waals surface area contributed by atoms with E-state index in [0.717, 1.165) is 22.8 Å². The number of sulfonamides is 1. The van der Waals surface area contributed by atoms with Gasteiger partial charge in [-0.15, -0.1) is 6.54 Å². The molecule has 12 heteroatoms. The molecular weight excluding hydrogens is 740 g/mol. The Morgan fingerprint density at radius 1 is 1.07 bits per heavy atom. The summed E-state index contributed by atoms with van der Waals surface area (Å²) in [5, 5.41) is 0. The summed E-state index contributed by atoms with van der Waals surface area (Å²) in [4.78, 5) is 11.8. The molecule has 0 saturated carbocycles. The van der Waals surface area contributed by atoms with Crippen molar-refractivity contribution < 1.29 is 31.1 Å². The fourth-order valence-corrected chi connectivity index (χ4v) is 5.29. The van der Waals surface area contributed by atoms with Crippen LogP contribution in [0.25, 0.3) is 4.72 Å². The van der Waals surface area contributed by atoms with Crippen LogP contribution >= 0.6 is 67.8 Å². The monoisotopic (exact) mass is 750 g/mol. The van der Waals surface area contributed by atoms with Gasteiger partial charge >= 0.3 is 12.1 Å². The minimum atomic E-state index is -4.56. The van der Waals surface area contributed by atoms with Crippen molar-refractivity contribution in [3.63, 3.8) is 0 Å². The lowest BCUT2D eigenvalue weighted by molar-refractivity contribution is -0.137. The lowest BCUT2D eigenvalue weighted by Crippen LogP contribution is -2.13. The topological polar surface area (TPSA) is 74.5 Å². The molecule has 152 valence electrons. The Labute approximate surface area is 200 Å². The molecular formula is C16H10F3I3NO4S-. The normalized spacial score (nSPS) is 12.1. The van der Waals surface area contributed by atoms with E-state index < -0.39 is 27.7 Å². The maximum absolute atomic E-state index is 12.5. The molecule has 0 saturated heterocycles. The minimum absolute atomic E-state index is 0.281. The van der Waals surface area contributed by atoms with E-state index in [4.69, 9.17) is 4.74 Å². The van der Waals surface area contributed by atoms with Gasteiger partial charge in [-0.25, -0.2) is 13.2 Å². The van der Waals surface area contributed by atoms with E-state index in [1.165, 1.54) is 0 Å². The predicted molar refractivity (Wildman–Crippen MR) is 122 cm³/mol. The van der Waals surface area contributed by atoms with Crippen molar-refractivity contribution in [3.05, 3.63) is 63.0 Å². The van der Waals surface area contributed by atoms with Crippen molar-refractivity contribution >= 4 is 83.8 Å². The van der Waals surface area contributed by atoms with Gasteiger partial charge in [0.25, 0.3) is 0 Å².